The molecule has 0 spiro atoms. The summed E-state index contributed by atoms with van der Waals surface area (Å²) in [5.41, 5.74) is 12.0. The Bertz CT molecular complexity index is 659. The van der Waals surface area contributed by atoms with Crippen molar-refractivity contribution >= 4 is 17.3 Å². The van der Waals surface area contributed by atoms with Gasteiger partial charge in [-0.05, 0) is 25.1 Å². The van der Waals surface area contributed by atoms with Crippen molar-refractivity contribution in [2.45, 2.75) is 13.5 Å². The quantitative estimate of drug-likeness (QED) is 0.736. The summed E-state index contributed by atoms with van der Waals surface area (Å²) in [6, 6.07) is 4.18. The molecule has 0 fully saturated rings. The summed E-state index contributed by atoms with van der Waals surface area (Å²) in [6.07, 6.45) is 1.41. The highest BCUT2D eigenvalue weighted by atomic mass is 19.1. The molecule has 2 aromatic heterocycles. The van der Waals surface area contributed by atoms with E-state index in [1.807, 2.05) is 0 Å². The van der Waals surface area contributed by atoms with Gasteiger partial charge in [0.2, 0.25) is 0 Å². The fourth-order valence-corrected chi connectivity index (χ4v) is 1.59. The van der Waals surface area contributed by atoms with E-state index in [9.17, 15) is 4.39 Å². The molecule has 20 heavy (non-hydrogen) atoms. The summed E-state index contributed by atoms with van der Waals surface area (Å²) < 4.78 is 18.9. The van der Waals surface area contributed by atoms with E-state index in [-0.39, 0.29) is 29.6 Å². The number of pyridine rings is 2. The van der Waals surface area contributed by atoms with Crippen molar-refractivity contribution in [1.29, 1.82) is 5.41 Å². The van der Waals surface area contributed by atoms with Crippen LogP contribution in [0.1, 0.15) is 18.2 Å². The molecular formula is C13H14FN5O. The van der Waals surface area contributed by atoms with Gasteiger partial charge in [-0.1, -0.05) is 0 Å². The predicted molar refractivity (Wildman–Crippen MR) is 74.1 cm³/mol. The van der Waals surface area contributed by atoms with Gasteiger partial charge >= 0.3 is 0 Å². The standard InChI is InChI=1S/C13H14FN5O/c1-7(15)9-4-8(5-18-13(9)17)20-6-11-10(14)2-3-12(16)19-11/h2-5,15H,6H2,1H3,(H2,16,19)(H2,17,18). The molecule has 0 aromatic carbocycles. The van der Waals surface area contributed by atoms with Gasteiger partial charge in [0.15, 0.2) is 0 Å². The minimum Gasteiger partial charge on any atom is -0.486 e. The average molecular weight is 275 g/mol. The Morgan fingerprint density at radius 1 is 1.40 bits per heavy atom. The number of ether oxygens (including phenoxy) is 1. The average Bonchev–Trinajstić information content (AvgIpc) is 2.41. The molecule has 104 valence electrons. The van der Waals surface area contributed by atoms with E-state index in [1.54, 1.807) is 13.0 Å². The number of hydrogen-bond acceptors (Lipinski definition) is 6. The molecule has 2 aromatic rings. The van der Waals surface area contributed by atoms with Gasteiger partial charge in [0.05, 0.1) is 6.20 Å². The third kappa shape index (κ3) is 3.00. The van der Waals surface area contributed by atoms with Crippen LogP contribution in [0.4, 0.5) is 16.0 Å². The summed E-state index contributed by atoms with van der Waals surface area (Å²) in [6.45, 7) is 1.51. The van der Waals surface area contributed by atoms with Gasteiger partial charge < -0.3 is 21.6 Å². The molecule has 0 aliphatic heterocycles. The minimum absolute atomic E-state index is 0.0844. The van der Waals surface area contributed by atoms with Crippen LogP contribution >= 0.6 is 0 Å². The molecule has 0 unspecified atom stereocenters. The topological polar surface area (TPSA) is 111 Å². The number of hydrogen-bond donors (Lipinski definition) is 3. The minimum atomic E-state index is -0.494. The molecule has 2 rings (SSSR count). The van der Waals surface area contributed by atoms with Crippen LogP contribution < -0.4 is 16.2 Å². The Kier molecular flexibility index (Phi) is 3.79. The number of halogens is 1. The largest absolute Gasteiger partial charge is 0.486 e. The van der Waals surface area contributed by atoms with Crippen LogP contribution in [0.15, 0.2) is 24.4 Å². The van der Waals surface area contributed by atoms with Crippen molar-refractivity contribution in [1.82, 2.24) is 9.97 Å². The Balaban J connectivity index is 2.17. The van der Waals surface area contributed by atoms with Gasteiger partial charge in [0, 0.05) is 11.3 Å². The summed E-state index contributed by atoms with van der Waals surface area (Å²) >= 11 is 0. The fourth-order valence-electron chi connectivity index (χ4n) is 1.59. The van der Waals surface area contributed by atoms with E-state index in [0.29, 0.717) is 11.3 Å². The van der Waals surface area contributed by atoms with Crippen LogP contribution in [-0.4, -0.2) is 15.7 Å². The highest BCUT2D eigenvalue weighted by Gasteiger charge is 2.08. The first-order valence-corrected chi connectivity index (χ1v) is 5.82. The molecule has 0 aliphatic rings. The lowest BCUT2D eigenvalue weighted by Gasteiger charge is -2.09. The zero-order valence-corrected chi connectivity index (χ0v) is 10.9. The molecule has 0 bridgehead atoms. The van der Waals surface area contributed by atoms with Crippen molar-refractivity contribution < 1.29 is 9.13 Å². The molecule has 7 heteroatoms. The first kappa shape index (κ1) is 13.7. The van der Waals surface area contributed by atoms with Crippen molar-refractivity contribution in [3.05, 3.63) is 41.5 Å². The number of aromatic nitrogens is 2. The molecule has 0 amide bonds. The van der Waals surface area contributed by atoms with Gasteiger partial charge in [0.1, 0.15) is 35.5 Å². The third-order valence-corrected chi connectivity index (χ3v) is 2.61. The number of nitrogens with two attached hydrogens (primary N) is 2. The van der Waals surface area contributed by atoms with Gasteiger partial charge in [0.25, 0.3) is 0 Å². The van der Waals surface area contributed by atoms with Crippen molar-refractivity contribution in [3.8, 4) is 5.75 Å². The molecule has 2 heterocycles. The highest BCUT2D eigenvalue weighted by molar-refractivity contribution is 6.00. The molecule has 0 saturated carbocycles. The SMILES string of the molecule is CC(=N)c1cc(OCc2nc(N)ccc2F)cnc1N. The Morgan fingerprint density at radius 3 is 2.85 bits per heavy atom. The second-order valence-corrected chi connectivity index (χ2v) is 4.18. The van der Waals surface area contributed by atoms with Gasteiger partial charge in [-0.3, -0.25) is 0 Å². The molecule has 0 atom stereocenters. The zero-order valence-electron chi connectivity index (χ0n) is 10.9. The lowest BCUT2D eigenvalue weighted by molar-refractivity contribution is 0.293. The summed E-state index contributed by atoms with van der Waals surface area (Å²) in [4.78, 5) is 7.78. The monoisotopic (exact) mass is 275 g/mol. The first-order chi connectivity index (χ1) is 9.47. The number of nitrogens with one attached hydrogen (secondary N) is 1. The van der Waals surface area contributed by atoms with Gasteiger partial charge in [-0.2, -0.15) is 0 Å². The van der Waals surface area contributed by atoms with Crippen LogP contribution in [0.2, 0.25) is 0 Å². The van der Waals surface area contributed by atoms with E-state index in [1.165, 1.54) is 18.3 Å². The van der Waals surface area contributed by atoms with E-state index in [4.69, 9.17) is 21.6 Å². The van der Waals surface area contributed by atoms with Crippen molar-refractivity contribution in [2.24, 2.45) is 0 Å². The molecular weight excluding hydrogens is 261 g/mol. The maximum Gasteiger partial charge on any atom is 0.148 e. The van der Waals surface area contributed by atoms with Crippen LogP contribution in [0.25, 0.3) is 0 Å². The number of rotatable bonds is 4. The normalized spacial score (nSPS) is 10.3. The molecule has 6 nitrogen and oxygen atoms in total. The third-order valence-electron chi connectivity index (χ3n) is 2.61. The molecule has 5 N–H and O–H groups in total. The van der Waals surface area contributed by atoms with Crippen LogP contribution in [0, 0.1) is 11.2 Å². The van der Waals surface area contributed by atoms with Crippen LogP contribution in [-0.2, 0) is 6.61 Å². The second-order valence-electron chi connectivity index (χ2n) is 4.18. The number of nitrogen functional groups attached to an aromatic ring is 2. The smallest absolute Gasteiger partial charge is 0.148 e. The fraction of sp³-hybridized carbons (Fsp3) is 0.154. The number of anilines is 2. The van der Waals surface area contributed by atoms with Crippen LogP contribution in [0.3, 0.4) is 0 Å². The lowest BCUT2D eigenvalue weighted by Crippen LogP contribution is -2.06. The predicted octanol–water partition coefficient (Wildman–Crippen LogP) is 1.75. The maximum atomic E-state index is 13.5. The van der Waals surface area contributed by atoms with E-state index in [2.05, 4.69) is 9.97 Å². The maximum absolute atomic E-state index is 13.5. The first-order valence-electron chi connectivity index (χ1n) is 5.82. The Hall–Kier alpha value is -2.70. The van der Waals surface area contributed by atoms with Crippen LogP contribution in [0.5, 0.6) is 5.75 Å². The molecule has 0 radical (unpaired) electrons. The van der Waals surface area contributed by atoms with Gasteiger partial charge in [-0.15, -0.1) is 0 Å². The summed E-state index contributed by atoms with van der Waals surface area (Å²) in [5, 5.41) is 7.57. The van der Waals surface area contributed by atoms with Crippen molar-refractivity contribution in [3.63, 3.8) is 0 Å². The highest BCUT2D eigenvalue weighted by Crippen LogP contribution is 2.19. The van der Waals surface area contributed by atoms with Crippen molar-refractivity contribution in [2.75, 3.05) is 11.5 Å². The van der Waals surface area contributed by atoms with Gasteiger partial charge in [-0.25, -0.2) is 14.4 Å². The lowest BCUT2D eigenvalue weighted by atomic mass is 10.2. The van der Waals surface area contributed by atoms with E-state index >= 15 is 0 Å². The van der Waals surface area contributed by atoms with E-state index < -0.39 is 5.82 Å². The zero-order chi connectivity index (χ0) is 14.7. The molecule has 0 aliphatic carbocycles. The second kappa shape index (κ2) is 5.52. The number of nitrogens with zero attached hydrogens (tertiary/aromatic N) is 2. The summed E-state index contributed by atoms with van der Waals surface area (Å²) in [7, 11) is 0. The Labute approximate surface area is 115 Å². The Morgan fingerprint density at radius 2 is 2.15 bits per heavy atom. The van der Waals surface area contributed by atoms with E-state index in [0.717, 1.165) is 0 Å². The molecule has 0 saturated heterocycles. The summed E-state index contributed by atoms with van der Waals surface area (Å²) in [5.74, 6) is 0.352.